The molecule has 8 heteroatoms. The van der Waals surface area contributed by atoms with E-state index in [2.05, 4.69) is 5.32 Å². The van der Waals surface area contributed by atoms with Crippen LogP contribution in [0.25, 0.3) is 0 Å². The van der Waals surface area contributed by atoms with E-state index in [1.54, 1.807) is 36.9 Å². The van der Waals surface area contributed by atoms with E-state index < -0.39 is 16.9 Å². The molecule has 2 aromatic carbocycles. The zero-order valence-corrected chi connectivity index (χ0v) is 17.2. The smallest absolute Gasteiger partial charge is 0.338 e. The summed E-state index contributed by atoms with van der Waals surface area (Å²) in [5, 5.41) is 15.0. The molecule has 150 valence electrons. The van der Waals surface area contributed by atoms with E-state index in [1.165, 1.54) is 6.07 Å². The van der Waals surface area contributed by atoms with Gasteiger partial charge in [0, 0.05) is 17.5 Å². The Balaban J connectivity index is 2.18. The van der Waals surface area contributed by atoms with Crippen LogP contribution in [0, 0.1) is 17.0 Å². The van der Waals surface area contributed by atoms with E-state index in [0.717, 1.165) is 11.3 Å². The third-order valence-electron chi connectivity index (χ3n) is 4.72. The number of esters is 1. The topological polar surface area (TPSA) is 84.7 Å². The molecule has 1 aliphatic heterocycles. The molecule has 1 heterocycles. The van der Waals surface area contributed by atoms with Crippen LogP contribution >= 0.6 is 12.2 Å². The predicted molar refractivity (Wildman–Crippen MR) is 115 cm³/mol. The molecule has 1 atom stereocenters. The lowest BCUT2D eigenvalue weighted by Crippen LogP contribution is -2.48. The number of nitrogens with zero attached hydrogens (tertiary/aromatic N) is 2. The van der Waals surface area contributed by atoms with Crippen molar-refractivity contribution >= 4 is 34.7 Å². The number of anilines is 1. The third-order valence-corrected chi connectivity index (χ3v) is 5.02. The van der Waals surface area contributed by atoms with E-state index in [4.69, 9.17) is 17.0 Å². The van der Waals surface area contributed by atoms with Gasteiger partial charge >= 0.3 is 5.97 Å². The van der Waals surface area contributed by atoms with E-state index >= 15 is 0 Å². The van der Waals surface area contributed by atoms with Crippen molar-refractivity contribution in [1.29, 1.82) is 0 Å². The highest BCUT2D eigenvalue weighted by molar-refractivity contribution is 7.80. The van der Waals surface area contributed by atoms with E-state index in [-0.39, 0.29) is 17.9 Å². The lowest BCUT2D eigenvalue weighted by Gasteiger charge is -2.37. The molecule has 0 spiro atoms. The molecule has 0 radical (unpaired) electrons. The first-order valence-electron chi connectivity index (χ1n) is 9.13. The Morgan fingerprint density at radius 1 is 1.21 bits per heavy atom. The van der Waals surface area contributed by atoms with Crippen molar-refractivity contribution < 1.29 is 14.5 Å². The number of allylic oxidation sites excluding steroid dienone is 1. The summed E-state index contributed by atoms with van der Waals surface area (Å²) in [4.78, 5) is 25.7. The zero-order valence-electron chi connectivity index (χ0n) is 16.3. The largest absolute Gasteiger partial charge is 0.463 e. The van der Waals surface area contributed by atoms with Gasteiger partial charge in [-0.2, -0.15) is 0 Å². The van der Waals surface area contributed by atoms with Crippen molar-refractivity contribution in [2.24, 2.45) is 0 Å². The number of benzene rings is 2. The SMILES string of the molecule is CCOC(=O)C1=C(C)N(c2ccc(C)cc2)C(=S)N[C@@H]1c1ccccc1[N+](=O)[O-]. The number of aryl methyl sites for hydroxylation is 1. The number of rotatable bonds is 5. The number of nitrogens with one attached hydrogen (secondary N) is 1. The molecule has 0 amide bonds. The maximum Gasteiger partial charge on any atom is 0.338 e. The second kappa shape index (κ2) is 8.40. The van der Waals surface area contributed by atoms with E-state index in [0.29, 0.717) is 16.4 Å². The quantitative estimate of drug-likeness (QED) is 0.342. The molecule has 0 aromatic heterocycles. The molecule has 7 nitrogen and oxygen atoms in total. The fourth-order valence-corrected chi connectivity index (χ4v) is 3.71. The second-order valence-corrected chi connectivity index (χ2v) is 6.98. The lowest BCUT2D eigenvalue weighted by atomic mass is 9.93. The Kier molecular flexibility index (Phi) is 5.93. The summed E-state index contributed by atoms with van der Waals surface area (Å²) in [6.45, 7) is 5.65. The summed E-state index contributed by atoms with van der Waals surface area (Å²) < 4.78 is 5.27. The zero-order chi connectivity index (χ0) is 21.1. The maximum atomic E-state index is 12.9. The van der Waals surface area contributed by atoms with Crippen molar-refractivity contribution in [1.82, 2.24) is 5.32 Å². The number of thiocarbonyl (C=S) groups is 1. The average Bonchev–Trinajstić information content (AvgIpc) is 2.69. The number of ether oxygens (including phenoxy) is 1. The van der Waals surface area contributed by atoms with E-state index in [1.807, 2.05) is 31.2 Å². The van der Waals surface area contributed by atoms with Crippen molar-refractivity contribution in [2.45, 2.75) is 26.8 Å². The van der Waals surface area contributed by atoms with Gasteiger partial charge in [0.2, 0.25) is 0 Å². The van der Waals surface area contributed by atoms with Crippen LogP contribution < -0.4 is 10.2 Å². The van der Waals surface area contributed by atoms with Gasteiger partial charge in [0.15, 0.2) is 5.11 Å². The Morgan fingerprint density at radius 2 is 1.86 bits per heavy atom. The number of nitro groups is 1. The van der Waals surface area contributed by atoms with Crippen LogP contribution in [-0.4, -0.2) is 22.6 Å². The Bertz CT molecular complexity index is 1000. The van der Waals surface area contributed by atoms with Gasteiger partial charge in [0.25, 0.3) is 5.69 Å². The minimum Gasteiger partial charge on any atom is -0.463 e. The van der Waals surface area contributed by atoms with Gasteiger partial charge in [-0.15, -0.1) is 0 Å². The van der Waals surface area contributed by atoms with Gasteiger partial charge in [-0.1, -0.05) is 29.8 Å². The van der Waals surface area contributed by atoms with Gasteiger partial charge in [0.1, 0.15) is 0 Å². The van der Waals surface area contributed by atoms with Gasteiger partial charge in [-0.25, -0.2) is 4.79 Å². The lowest BCUT2D eigenvalue weighted by molar-refractivity contribution is -0.385. The summed E-state index contributed by atoms with van der Waals surface area (Å²) >= 11 is 5.57. The summed E-state index contributed by atoms with van der Waals surface area (Å²) in [6.07, 6.45) is 0. The fraction of sp³-hybridized carbons (Fsp3) is 0.238. The number of hydrogen-bond acceptors (Lipinski definition) is 5. The standard InChI is InChI=1S/C21H21N3O4S/c1-4-28-20(25)18-14(3)23(15-11-9-13(2)10-12-15)21(29)22-19(18)16-7-5-6-8-17(16)24(26)27/h5-12,19H,4H2,1-3H3,(H,22,29)/t19-/m1/s1. The highest BCUT2D eigenvalue weighted by Gasteiger charge is 2.38. The molecular formula is C21H21N3O4S. The van der Waals surface area contributed by atoms with Crippen LogP contribution in [0.2, 0.25) is 0 Å². The predicted octanol–water partition coefficient (Wildman–Crippen LogP) is 4.18. The summed E-state index contributed by atoms with van der Waals surface area (Å²) in [5.41, 5.74) is 3.00. The minimum atomic E-state index is -0.787. The summed E-state index contributed by atoms with van der Waals surface area (Å²) in [5.74, 6) is -0.541. The van der Waals surface area contributed by atoms with Crippen LogP contribution in [0.1, 0.15) is 31.0 Å². The molecule has 0 saturated carbocycles. The Labute approximate surface area is 174 Å². The van der Waals surface area contributed by atoms with Gasteiger partial charge < -0.3 is 10.1 Å². The van der Waals surface area contributed by atoms with Crippen LogP contribution in [0.15, 0.2) is 59.8 Å². The van der Waals surface area contributed by atoms with Gasteiger partial charge in [-0.05, 0) is 51.2 Å². The first-order valence-corrected chi connectivity index (χ1v) is 9.54. The number of hydrogen-bond donors (Lipinski definition) is 1. The Hall–Kier alpha value is -3.26. The number of para-hydroxylation sites is 1. The van der Waals surface area contributed by atoms with Crippen LogP contribution in [0.5, 0.6) is 0 Å². The van der Waals surface area contributed by atoms with Crippen molar-refractivity contribution in [3.05, 3.63) is 81.0 Å². The first kappa shape index (κ1) is 20.5. The molecule has 29 heavy (non-hydrogen) atoms. The van der Waals surface area contributed by atoms with Crippen LogP contribution in [0.3, 0.4) is 0 Å². The van der Waals surface area contributed by atoms with Crippen LogP contribution in [0.4, 0.5) is 11.4 Å². The molecule has 1 N–H and O–H groups in total. The normalized spacial score (nSPS) is 16.4. The second-order valence-electron chi connectivity index (χ2n) is 6.59. The van der Waals surface area contributed by atoms with Crippen molar-refractivity contribution in [3.63, 3.8) is 0 Å². The fourth-order valence-electron chi connectivity index (χ4n) is 3.35. The monoisotopic (exact) mass is 411 g/mol. The first-order chi connectivity index (χ1) is 13.8. The van der Waals surface area contributed by atoms with Crippen molar-refractivity contribution in [2.75, 3.05) is 11.5 Å². The number of carbonyl (C=O) groups is 1. The molecule has 0 bridgehead atoms. The van der Waals surface area contributed by atoms with E-state index in [9.17, 15) is 14.9 Å². The molecule has 0 saturated heterocycles. The molecule has 0 fully saturated rings. The molecule has 1 aliphatic rings. The van der Waals surface area contributed by atoms with Crippen molar-refractivity contribution in [3.8, 4) is 0 Å². The highest BCUT2D eigenvalue weighted by atomic mass is 32.1. The summed E-state index contributed by atoms with van der Waals surface area (Å²) in [7, 11) is 0. The number of nitro benzene ring substituents is 1. The molecule has 0 unspecified atom stereocenters. The molecule has 3 rings (SSSR count). The molecular weight excluding hydrogens is 390 g/mol. The average molecular weight is 411 g/mol. The molecule has 0 aliphatic carbocycles. The maximum absolute atomic E-state index is 12.9. The molecule has 2 aromatic rings. The minimum absolute atomic E-state index is 0.0915. The highest BCUT2D eigenvalue weighted by Crippen LogP contribution is 2.37. The van der Waals surface area contributed by atoms with Gasteiger partial charge in [0.05, 0.1) is 28.7 Å². The Morgan fingerprint density at radius 3 is 2.48 bits per heavy atom. The van der Waals surface area contributed by atoms with Crippen LogP contribution in [-0.2, 0) is 9.53 Å². The number of carbonyl (C=O) groups excluding carboxylic acids is 1. The van der Waals surface area contributed by atoms with Gasteiger partial charge in [-0.3, -0.25) is 15.0 Å². The summed E-state index contributed by atoms with van der Waals surface area (Å²) in [6, 6.07) is 13.2. The third kappa shape index (κ3) is 3.97.